The second-order valence-electron chi connectivity index (χ2n) is 7.81. The van der Waals surface area contributed by atoms with Crippen molar-refractivity contribution >= 4 is 17.7 Å². The fraction of sp³-hybridized carbons (Fsp3) is 0.500. The van der Waals surface area contributed by atoms with Gasteiger partial charge in [0.25, 0.3) is 0 Å². The summed E-state index contributed by atoms with van der Waals surface area (Å²) in [4.78, 5) is 14.9. The number of aromatic nitrogens is 3. The Bertz CT molecular complexity index is 821. The van der Waals surface area contributed by atoms with E-state index in [4.69, 9.17) is 0 Å². The maximum absolute atomic E-state index is 12.4. The number of amides is 1. The summed E-state index contributed by atoms with van der Waals surface area (Å²) in [6.45, 7) is 10.0. The molecule has 1 saturated heterocycles. The molecule has 0 radical (unpaired) electrons. The van der Waals surface area contributed by atoms with Crippen molar-refractivity contribution in [3.63, 3.8) is 0 Å². The monoisotopic (exact) mass is 413 g/mol. The van der Waals surface area contributed by atoms with Gasteiger partial charge in [-0.25, -0.2) is 0 Å². The Morgan fingerprint density at radius 1 is 1.21 bits per heavy atom. The second-order valence-corrected chi connectivity index (χ2v) is 8.76. The van der Waals surface area contributed by atoms with E-state index in [2.05, 4.69) is 57.0 Å². The van der Waals surface area contributed by atoms with Crippen molar-refractivity contribution in [2.24, 2.45) is 0 Å². The van der Waals surface area contributed by atoms with Gasteiger partial charge in [-0.05, 0) is 39.2 Å². The van der Waals surface area contributed by atoms with Crippen molar-refractivity contribution in [3.05, 3.63) is 53.4 Å². The number of piperidine rings is 1. The van der Waals surface area contributed by atoms with E-state index in [0.29, 0.717) is 12.3 Å². The third kappa shape index (κ3) is 6.72. The molecule has 0 spiro atoms. The molecule has 1 N–H and O–H groups in total. The minimum Gasteiger partial charge on any atom is -0.353 e. The van der Waals surface area contributed by atoms with Crippen molar-refractivity contribution in [1.82, 2.24) is 25.0 Å². The Morgan fingerprint density at radius 2 is 1.93 bits per heavy atom. The van der Waals surface area contributed by atoms with E-state index < -0.39 is 0 Å². The smallest absolute Gasteiger partial charge is 0.230 e. The van der Waals surface area contributed by atoms with Crippen LogP contribution in [0.15, 0.2) is 47.1 Å². The Morgan fingerprint density at radius 3 is 2.62 bits per heavy atom. The fourth-order valence-electron chi connectivity index (χ4n) is 3.39. The molecule has 1 aliphatic rings. The number of rotatable bonds is 8. The molecule has 29 heavy (non-hydrogen) atoms. The van der Waals surface area contributed by atoms with Crippen LogP contribution in [0.25, 0.3) is 0 Å². The molecule has 2 heterocycles. The lowest BCUT2D eigenvalue weighted by molar-refractivity contribution is -0.119. The number of nitrogens with one attached hydrogen (secondary N) is 1. The number of benzene rings is 1. The molecule has 1 amide bonds. The summed E-state index contributed by atoms with van der Waals surface area (Å²) < 4.78 is 2.06. The summed E-state index contributed by atoms with van der Waals surface area (Å²) >= 11 is 1.45. The molecule has 0 saturated carbocycles. The number of likely N-dealkylation sites (tertiary alicyclic amines) is 1. The highest BCUT2D eigenvalue weighted by molar-refractivity contribution is 7.99. The van der Waals surface area contributed by atoms with Crippen LogP contribution in [0.2, 0.25) is 0 Å². The summed E-state index contributed by atoms with van der Waals surface area (Å²) in [6, 6.07) is 10.5. The molecule has 6 nitrogen and oxygen atoms in total. The topological polar surface area (TPSA) is 63.1 Å². The number of aryl methyl sites for hydroxylation is 1. The van der Waals surface area contributed by atoms with Crippen LogP contribution in [0.4, 0.5) is 0 Å². The average Bonchev–Trinajstić information content (AvgIpc) is 3.06. The normalized spacial score (nSPS) is 15.3. The number of allylic oxidation sites excluding steroid dienone is 1. The lowest BCUT2D eigenvalue weighted by Gasteiger charge is -2.31. The minimum absolute atomic E-state index is 0.0738. The lowest BCUT2D eigenvalue weighted by Crippen LogP contribution is -2.45. The Balaban J connectivity index is 1.45. The molecule has 2 aromatic rings. The maximum atomic E-state index is 12.4. The van der Waals surface area contributed by atoms with Crippen LogP contribution in [0.3, 0.4) is 0 Å². The van der Waals surface area contributed by atoms with E-state index >= 15 is 0 Å². The first-order chi connectivity index (χ1) is 14.0. The van der Waals surface area contributed by atoms with E-state index in [9.17, 15) is 4.79 Å². The van der Waals surface area contributed by atoms with E-state index in [1.165, 1.54) is 22.9 Å². The maximum Gasteiger partial charge on any atom is 0.230 e. The van der Waals surface area contributed by atoms with Gasteiger partial charge in [0, 0.05) is 25.7 Å². The Labute approximate surface area is 177 Å². The van der Waals surface area contributed by atoms with Crippen LogP contribution in [0, 0.1) is 6.92 Å². The summed E-state index contributed by atoms with van der Waals surface area (Å²) in [5.41, 5.74) is 2.55. The van der Waals surface area contributed by atoms with Crippen molar-refractivity contribution < 1.29 is 4.79 Å². The summed E-state index contributed by atoms with van der Waals surface area (Å²) in [5.74, 6) is 1.30. The van der Waals surface area contributed by atoms with Gasteiger partial charge in [0.1, 0.15) is 5.82 Å². The molecule has 0 bridgehead atoms. The summed E-state index contributed by atoms with van der Waals surface area (Å²) in [7, 11) is 0. The molecule has 1 aromatic carbocycles. The van der Waals surface area contributed by atoms with Gasteiger partial charge in [0.2, 0.25) is 5.91 Å². The highest BCUT2D eigenvalue weighted by Gasteiger charge is 2.20. The predicted molar refractivity (Wildman–Crippen MR) is 118 cm³/mol. The number of nitrogens with zero attached hydrogens (tertiary/aromatic N) is 4. The number of hydrogen-bond acceptors (Lipinski definition) is 5. The number of carbonyl (C=O) groups is 1. The van der Waals surface area contributed by atoms with Crippen LogP contribution < -0.4 is 5.32 Å². The molecule has 1 aromatic heterocycles. The molecule has 1 aliphatic heterocycles. The van der Waals surface area contributed by atoms with Crippen LogP contribution in [-0.4, -0.2) is 57.0 Å². The standard InChI is InChI=1S/C22H31N5OS/c1-17(2)9-12-26-13-10-20(11-14-26)23-21(28)16-29-22-25-24-18(3)27(22)15-19-7-5-4-6-8-19/h4-9,20H,10-16H2,1-3H3,(H,23,28). The zero-order valence-electron chi connectivity index (χ0n) is 17.6. The number of hydrogen-bond donors (Lipinski definition) is 1. The van der Waals surface area contributed by atoms with Gasteiger partial charge in [-0.3, -0.25) is 9.69 Å². The molecule has 3 rings (SSSR count). The van der Waals surface area contributed by atoms with Gasteiger partial charge in [0.05, 0.1) is 12.3 Å². The summed E-state index contributed by atoms with van der Waals surface area (Å²) in [6.07, 6.45) is 4.29. The van der Waals surface area contributed by atoms with Gasteiger partial charge in [0.15, 0.2) is 5.16 Å². The van der Waals surface area contributed by atoms with Crippen molar-refractivity contribution in [3.8, 4) is 0 Å². The van der Waals surface area contributed by atoms with Gasteiger partial charge in [-0.15, -0.1) is 10.2 Å². The zero-order valence-corrected chi connectivity index (χ0v) is 18.4. The fourth-order valence-corrected chi connectivity index (χ4v) is 4.18. The van der Waals surface area contributed by atoms with Gasteiger partial charge < -0.3 is 9.88 Å². The minimum atomic E-state index is 0.0738. The van der Waals surface area contributed by atoms with Crippen molar-refractivity contribution in [2.45, 2.75) is 51.4 Å². The van der Waals surface area contributed by atoms with Gasteiger partial charge in [-0.1, -0.05) is 53.7 Å². The Hall–Kier alpha value is -2.12. The molecule has 1 fully saturated rings. The van der Waals surface area contributed by atoms with Crippen LogP contribution in [-0.2, 0) is 11.3 Å². The molecular formula is C22H31N5OS. The van der Waals surface area contributed by atoms with Gasteiger partial charge >= 0.3 is 0 Å². The molecular weight excluding hydrogens is 382 g/mol. The molecule has 0 atom stereocenters. The molecule has 156 valence electrons. The SMILES string of the molecule is CC(C)=CCN1CCC(NC(=O)CSc2nnc(C)n2Cc2ccccc2)CC1. The van der Waals surface area contributed by atoms with E-state index in [-0.39, 0.29) is 11.9 Å². The molecule has 0 unspecified atom stereocenters. The molecule has 0 aliphatic carbocycles. The number of thioether (sulfide) groups is 1. The molecule has 7 heteroatoms. The third-order valence-corrected chi connectivity index (χ3v) is 6.09. The van der Waals surface area contributed by atoms with E-state index in [1.807, 2.05) is 25.1 Å². The zero-order chi connectivity index (χ0) is 20.6. The first kappa shape index (κ1) is 21.6. The quantitative estimate of drug-likeness (QED) is 0.532. The van der Waals surface area contributed by atoms with Gasteiger partial charge in [-0.2, -0.15) is 0 Å². The first-order valence-electron chi connectivity index (χ1n) is 10.2. The average molecular weight is 414 g/mol. The van der Waals surface area contributed by atoms with Crippen LogP contribution >= 0.6 is 11.8 Å². The largest absolute Gasteiger partial charge is 0.353 e. The van der Waals surface area contributed by atoms with Crippen LogP contribution in [0.1, 0.15) is 38.1 Å². The number of carbonyl (C=O) groups excluding carboxylic acids is 1. The van der Waals surface area contributed by atoms with E-state index in [1.54, 1.807) is 0 Å². The lowest BCUT2D eigenvalue weighted by atomic mass is 10.0. The third-order valence-electron chi connectivity index (χ3n) is 5.13. The summed E-state index contributed by atoms with van der Waals surface area (Å²) in [5, 5.41) is 12.4. The predicted octanol–water partition coefficient (Wildman–Crippen LogP) is 3.27. The highest BCUT2D eigenvalue weighted by Crippen LogP contribution is 2.19. The van der Waals surface area contributed by atoms with Crippen molar-refractivity contribution in [1.29, 1.82) is 0 Å². The highest BCUT2D eigenvalue weighted by atomic mass is 32.2. The van der Waals surface area contributed by atoms with E-state index in [0.717, 1.165) is 43.5 Å². The van der Waals surface area contributed by atoms with Crippen LogP contribution in [0.5, 0.6) is 0 Å². The Kier molecular flexibility index (Phi) is 7.89. The second kappa shape index (κ2) is 10.6. The first-order valence-corrected chi connectivity index (χ1v) is 11.2. The van der Waals surface area contributed by atoms with Crippen molar-refractivity contribution in [2.75, 3.05) is 25.4 Å².